The van der Waals surface area contributed by atoms with Crippen molar-refractivity contribution in [2.75, 3.05) is 7.11 Å². The van der Waals surface area contributed by atoms with Crippen molar-refractivity contribution in [2.45, 2.75) is 13.1 Å². The molecule has 0 aliphatic rings. The molecule has 0 aromatic carbocycles. The molecule has 0 aliphatic heterocycles. The molecule has 4 nitrogen and oxygen atoms in total. The van der Waals surface area contributed by atoms with Crippen molar-refractivity contribution in [2.24, 2.45) is 0 Å². The number of aromatic nitrogens is 2. The molecule has 0 saturated carbocycles. The fourth-order valence-corrected chi connectivity index (χ4v) is 4.07. The minimum atomic E-state index is 0.699. The quantitative estimate of drug-likeness (QED) is 0.759. The van der Waals surface area contributed by atoms with Crippen LogP contribution in [0.3, 0.4) is 0 Å². The first-order valence-electron chi connectivity index (χ1n) is 5.70. The molecule has 0 spiro atoms. The highest BCUT2D eigenvalue weighted by molar-refractivity contribution is 9.10. The maximum absolute atomic E-state index is 5.33. The highest BCUT2D eigenvalue weighted by Gasteiger charge is 2.13. The molecule has 0 aliphatic carbocycles. The van der Waals surface area contributed by atoms with Crippen LogP contribution < -0.4 is 10.1 Å². The zero-order valence-corrected chi connectivity index (χ0v) is 13.4. The van der Waals surface area contributed by atoms with E-state index in [0.717, 1.165) is 28.2 Å². The van der Waals surface area contributed by atoms with Crippen LogP contribution in [0.2, 0.25) is 0 Å². The molecular weight excluding hydrogens is 346 g/mol. The van der Waals surface area contributed by atoms with Crippen LogP contribution in [0.4, 0.5) is 0 Å². The average Bonchev–Trinajstić information content (AvgIpc) is 3.07. The van der Waals surface area contributed by atoms with Crippen LogP contribution in [-0.2, 0) is 13.1 Å². The van der Waals surface area contributed by atoms with Gasteiger partial charge in [-0.15, -0.1) is 22.7 Å². The monoisotopic (exact) mass is 357 g/mol. The number of thiazole rings is 1. The molecule has 0 atom stereocenters. The predicted molar refractivity (Wildman–Crippen MR) is 82.2 cm³/mol. The molecule has 0 amide bonds. The van der Waals surface area contributed by atoms with Gasteiger partial charge in [0.1, 0.15) is 5.69 Å². The van der Waals surface area contributed by atoms with Crippen LogP contribution in [0.15, 0.2) is 27.5 Å². The van der Waals surface area contributed by atoms with Gasteiger partial charge < -0.3 is 10.1 Å². The number of ether oxygens (including phenoxy) is 1. The molecule has 0 bridgehead atoms. The van der Waals surface area contributed by atoms with E-state index in [2.05, 4.69) is 42.1 Å². The minimum absolute atomic E-state index is 0.699. The van der Waals surface area contributed by atoms with Crippen LogP contribution in [0.1, 0.15) is 10.6 Å². The highest BCUT2D eigenvalue weighted by atomic mass is 79.9. The summed E-state index contributed by atoms with van der Waals surface area (Å²) in [4.78, 5) is 6.70. The molecule has 1 N–H and O–H groups in total. The Balaban J connectivity index is 1.74. The fraction of sp³-hybridized carbons (Fsp3) is 0.250. The highest BCUT2D eigenvalue weighted by Crippen LogP contribution is 2.24. The maximum atomic E-state index is 5.33. The molecular formula is C12H12BrN3OS2. The standard InChI is InChI=1S/C12H12BrN3OS2/c1-17-11-9(16-3-5-19-12(16)15-11)6-14-7-10-8(13)2-4-18-10/h2-5,14H,6-7H2,1H3. The van der Waals surface area contributed by atoms with Crippen LogP contribution in [0.25, 0.3) is 4.96 Å². The molecule has 0 fully saturated rings. The smallest absolute Gasteiger partial charge is 0.237 e. The number of halogens is 1. The largest absolute Gasteiger partial charge is 0.480 e. The van der Waals surface area contributed by atoms with Gasteiger partial charge in [-0.1, -0.05) is 0 Å². The number of fused-ring (bicyclic) bond motifs is 1. The molecule has 3 aromatic heterocycles. The first-order chi connectivity index (χ1) is 9.29. The van der Waals surface area contributed by atoms with Crippen molar-refractivity contribution in [3.8, 4) is 5.88 Å². The molecule has 0 saturated heterocycles. The Morgan fingerprint density at radius 3 is 3.00 bits per heavy atom. The zero-order valence-electron chi connectivity index (χ0n) is 10.2. The van der Waals surface area contributed by atoms with E-state index in [1.54, 1.807) is 29.8 Å². The second-order valence-electron chi connectivity index (χ2n) is 3.92. The van der Waals surface area contributed by atoms with Crippen LogP contribution >= 0.6 is 38.6 Å². The Morgan fingerprint density at radius 2 is 2.26 bits per heavy atom. The van der Waals surface area contributed by atoms with Gasteiger partial charge in [-0.25, -0.2) is 0 Å². The van der Waals surface area contributed by atoms with Gasteiger partial charge in [0.2, 0.25) is 5.88 Å². The van der Waals surface area contributed by atoms with Crippen molar-refractivity contribution in [3.05, 3.63) is 38.1 Å². The van der Waals surface area contributed by atoms with E-state index in [9.17, 15) is 0 Å². The fourth-order valence-electron chi connectivity index (χ4n) is 1.88. The van der Waals surface area contributed by atoms with Crippen LogP contribution in [0, 0.1) is 0 Å². The Bertz CT molecular complexity index is 688. The van der Waals surface area contributed by atoms with E-state index in [1.165, 1.54) is 4.88 Å². The summed E-state index contributed by atoms with van der Waals surface area (Å²) in [5, 5.41) is 7.54. The second-order valence-corrected chi connectivity index (χ2v) is 6.65. The summed E-state index contributed by atoms with van der Waals surface area (Å²) in [7, 11) is 1.66. The summed E-state index contributed by atoms with van der Waals surface area (Å²) in [6, 6.07) is 2.07. The first kappa shape index (κ1) is 13.1. The molecule has 0 unspecified atom stereocenters. The van der Waals surface area contributed by atoms with Crippen molar-refractivity contribution in [1.29, 1.82) is 0 Å². The van der Waals surface area contributed by atoms with E-state index < -0.39 is 0 Å². The van der Waals surface area contributed by atoms with Gasteiger partial charge in [-0.05, 0) is 27.4 Å². The Morgan fingerprint density at radius 1 is 1.37 bits per heavy atom. The number of imidazole rings is 1. The SMILES string of the molecule is COc1nc2sccn2c1CNCc1sccc1Br. The number of rotatable bonds is 5. The van der Waals surface area contributed by atoms with Gasteiger partial charge in [0, 0.05) is 34.0 Å². The summed E-state index contributed by atoms with van der Waals surface area (Å²) >= 11 is 6.89. The summed E-state index contributed by atoms with van der Waals surface area (Å²) in [6.45, 7) is 1.56. The Labute approximate surface area is 127 Å². The van der Waals surface area contributed by atoms with Gasteiger partial charge in [0.15, 0.2) is 4.96 Å². The number of hydrogen-bond acceptors (Lipinski definition) is 5. The molecule has 100 valence electrons. The minimum Gasteiger partial charge on any atom is -0.480 e. The third-order valence-corrected chi connectivity index (χ3v) is 5.47. The number of nitrogens with zero attached hydrogens (tertiary/aromatic N) is 2. The Kier molecular flexibility index (Phi) is 3.88. The van der Waals surface area contributed by atoms with Gasteiger partial charge in [-0.2, -0.15) is 4.98 Å². The summed E-state index contributed by atoms with van der Waals surface area (Å²) in [5.74, 6) is 0.699. The molecule has 3 heterocycles. The zero-order chi connectivity index (χ0) is 13.2. The number of methoxy groups -OCH3 is 1. The lowest BCUT2D eigenvalue weighted by Crippen LogP contribution is -2.14. The van der Waals surface area contributed by atoms with Gasteiger partial charge in [0.25, 0.3) is 0 Å². The molecule has 7 heteroatoms. The second kappa shape index (κ2) is 5.62. The summed E-state index contributed by atoms with van der Waals surface area (Å²) in [6.07, 6.45) is 2.02. The van der Waals surface area contributed by atoms with Crippen molar-refractivity contribution >= 4 is 43.6 Å². The topological polar surface area (TPSA) is 38.6 Å². The number of nitrogens with one attached hydrogen (secondary N) is 1. The summed E-state index contributed by atoms with van der Waals surface area (Å²) < 4.78 is 8.56. The lowest BCUT2D eigenvalue weighted by atomic mass is 10.4. The number of hydrogen-bond donors (Lipinski definition) is 1. The molecule has 3 aromatic rings. The predicted octanol–water partition coefficient (Wildman–Crippen LogP) is 3.52. The lowest BCUT2D eigenvalue weighted by Gasteiger charge is -2.05. The first-order valence-corrected chi connectivity index (χ1v) is 8.26. The van der Waals surface area contributed by atoms with Crippen molar-refractivity contribution in [1.82, 2.24) is 14.7 Å². The van der Waals surface area contributed by atoms with Crippen molar-refractivity contribution in [3.63, 3.8) is 0 Å². The molecule has 0 radical (unpaired) electrons. The van der Waals surface area contributed by atoms with E-state index in [1.807, 2.05) is 11.6 Å². The van der Waals surface area contributed by atoms with E-state index >= 15 is 0 Å². The molecule has 19 heavy (non-hydrogen) atoms. The molecule has 3 rings (SSSR count). The van der Waals surface area contributed by atoms with E-state index in [4.69, 9.17) is 4.74 Å². The average molecular weight is 358 g/mol. The van der Waals surface area contributed by atoms with Gasteiger partial charge in [0.05, 0.1) is 7.11 Å². The normalized spacial score (nSPS) is 11.3. The van der Waals surface area contributed by atoms with Gasteiger partial charge >= 0.3 is 0 Å². The number of thiophene rings is 1. The van der Waals surface area contributed by atoms with Crippen LogP contribution in [0.5, 0.6) is 5.88 Å². The van der Waals surface area contributed by atoms with Crippen molar-refractivity contribution < 1.29 is 4.74 Å². The third-order valence-electron chi connectivity index (χ3n) is 2.79. The van der Waals surface area contributed by atoms with E-state index in [0.29, 0.717) is 5.88 Å². The lowest BCUT2D eigenvalue weighted by molar-refractivity contribution is 0.393. The van der Waals surface area contributed by atoms with Gasteiger partial charge in [-0.3, -0.25) is 4.40 Å². The maximum Gasteiger partial charge on any atom is 0.237 e. The van der Waals surface area contributed by atoms with E-state index in [-0.39, 0.29) is 0 Å². The summed E-state index contributed by atoms with van der Waals surface area (Å²) in [5.41, 5.74) is 1.06. The van der Waals surface area contributed by atoms with Crippen LogP contribution in [-0.4, -0.2) is 16.5 Å². The third kappa shape index (κ3) is 2.55. The Hall–Kier alpha value is -0.890.